The molecule has 1 atom stereocenters. The van der Waals surface area contributed by atoms with Crippen LogP contribution in [-0.4, -0.2) is 64.5 Å². The van der Waals surface area contributed by atoms with Crippen LogP contribution in [0.5, 0.6) is 5.75 Å². The lowest BCUT2D eigenvalue weighted by Gasteiger charge is -2.27. The van der Waals surface area contributed by atoms with Crippen molar-refractivity contribution in [3.8, 4) is 5.75 Å². The minimum absolute atomic E-state index is 0.00291. The standard InChI is InChI=1S/C21H26N4O4/c1-14(26)25(11-9-19-22-20(29-23-19)15-6-7-15)17-8-10-24(13-17)21(27)16-4-3-5-18(12-16)28-2/h3-5,12,15,17H,6-11,13H2,1-2H3. The quantitative estimate of drug-likeness (QED) is 0.711. The topological polar surface area (TPSA) is 88.8 Å². The van der Waals surface area contributed by atoms with Gasteiger partial charge in [0.1, 0.15) is 5.75 Å². The van der Waals surface area contributed by atoms with E-state index >= 15 is 0 Å². The number of carbonyl (C=O) groups is 2. The normalized spacial score (nSPS) is 18.7. The van der Waals surface area contributed by atoms with Gasteiger partial charge in [-0.05, 0) is 37.5 Å². The van der Waals surface area contributed by atoms with Gasteiger partial charge in [-0.3, -0.25) is 9.59 Å². The van der Waals surface area contributed by atoms with Gasteiger partial charge in [-0.1, -0.05) is 11.2 Å². The molecule has 2 aromatic rings. The number of hydrogen-bond donors (Lipinski definition) is 0. The second-order valence-electron chi connectivity index (χ2n) is 7.71. The highest BCUT2D eigenvalue weighted by Gasteiger charge is 2.33. The molecule has 1 saturated carbocycles. The Labute approximate surface area is 169 Å². The number of methoxy groups -OCH3 is 1. The zero-order valence-electron chi connectivity index (χ0n) is 16.8. The molecule has 8 heteroatoms. The molecule has 1 unspecified atom stereocenters. The highest BCUT2D eigenvalue weighted by atomic mass is 16.5. The lowest BCUT2D eigenvalue weighted by atomic mass is 10.2. The number of carbonyl (C=O) groups excluding carboxylic acids is 2. The van der Waals surface area contributed by atoms with Gasteiger partial charge < -0.3 is 19.1 Å². The summed E-state index contributed by atoms with van der Waals surface area (Å²) in [6, 6.07) is 7.15. The van der Waals surface area contributed by atoms with E-state index < -0.39 is 0 Å². The van der Waals surface area contributed by atoms with Crippen molar-refractivity contribution in [2.75, 3.05) is 26.7 Å². The predicted octanol–water partition coefficient (Wildman–Crippen LogP) is 2.26. The molecule has 2 amide bonds. The van der Waals surface area contributed by atoms with Gasteiger partial charge in [-0.25, -0.2) is 0 Å². The van der Waals surface area contributed by atoms with E-state index in [0.717, 1.165) is 19.3 Å². The maximum Gasteiger partial charge on any atom is 0.254 e. The van der Waals surface area contributed by atoms with Crippen molar-refractivity contribution < 1.29 is 18.8 Å². The predicted molar refractivity (Wildman–Crippen MR) is 105 cm³/mol. The maximum atomic E-state index is 12.8. The first kappa shape index (κ1) is 19.4. The Kier molecular flexibility index (Phi) is 5.51. The number of rotatable bonds is 7. The molecule has 1 aromatic heterocycles. The molecule has 2 heterocycles. The van der Waals surface area contributed by atoms with Crippen LogP contribution in [0, 0.1) is 0 Å². The molecule has 0 N–H and O–H groups in total. The summed E-state index contributed by atoms with van der Waals surface area (Å²) in [4.78, 5) is 33.1. The molecule has 29 heavy (non-hydrogen) atoms. The van der Waals surface area contributed by atoms with Crippen molar-refractivity contribution in [2.24, 2.45) is 0 Å². The van der Waals surface area contributed by atoms with E-state index in [4.69, 9.17) is 9.26 Å². The Morgan fingerprint density at radius 1 is 1.31 bits per heavy atom. The van der Waals surface area contributed by atoms with Gasteiger partial charge in [0.2, 0.25) is 11.8 Å². The highest BCUT2D eigenvalue weighted by molar-refractivity contribution is 5.94. The zero-order chi connectivity index (χ0) is 20.4. The van der Waals surface area contributed by atoms with Crippen molar-refractivity contribution in [3.63, 3.8) is 0 Å². The van der Waals surface area contributed by atoms with Crippen molar-refractivity contribution in [3.05, 3.63) is 41.5 Å². The Morgan fingerprint density at radius 2 is 2.14 bits per heavy atom. The average molecular weight is 398 g/mol. The van der Waals surface area contributed by atoms with Crippen LogP contribution in [-0.2, 0) is 11.2 Å². The van der Waals surface area contributed by atoms with Gasteiger partial charge in [0.05, 0.1) is 13.2 Å². The molecule has 154 valence electrons. The number of amides is 2. The van der Waals surface area contributed by atoms with E-state index in [1.54, 1.807) is 31.1 Å². The molecule has 0 radical (unpaired) electrons. The summed E-state index contributed by atoms with van der Waals surface area (Å²) in [6.07, 6.45) is 3.53. The molecule has 0 bridgehead atoms. The van der Waals surface area contributed by atoms with Gasteiger partial charge in [0.25, 0.3) is 5.91 Å². The van der Waals surface area contributed by atoms with E-state index in [9.17, 15) is 9.59 Å². The molecule has 1 aliphatic heterocycles. The van der Waals surface area contributed by atoms with Gasteiger partial charge in [0, 0.05) is 44.5 Å². The molecule has 2 aliphatic rings. The molecule has 0 spiro atoms. The van der Waals surface area contributed by atoms with Crippen molar-refractivity contribution in [2.45, 2.75) is 44.6 Å². The minimum atomic E-state index is -0.0397. The SMILES string of the molecule is COc1cccc(C(=O)N2CCC(N(CCc3noc(C4CC4)n3)C(C)=O)C2)c1. The van der Waals surface area contributed by atoms with Gasteiger partial charge in [-0.15, -0.1) is 0 Å². The molecule has 1 saturated heterocycles. The summed E-state index contributed by atoms with van der Waals surface area (Å²) in [5.41, 5.74) is 0.596. The number of ether oxygens (including phenoxy) is 1. The summed E-state index contributed by atoms with van der Waals surface area (Å²) in [7, 11) is 1.58. The van der Waals surface area contributed by atoms with Crippen LogP contribution in [0.25, 0.3) is 0 Å². The summed E-state index contributed by atoms with van der Waals surface area (Å²) in [5, 5.41) is 4.03. The van der Waals surface area contributed by atoms with Crippen molar-refractivity contribution >= 4 is 11.8 Å². The zero-order valence-corrected chi connectivity index (χ0v) is 16.8. The Bertz CT molecular complexity index is 892. The summed E-state index contributed by atoms with van der Waals surface area (Å²) in [6.45, 7) is 3.23. The molecule has 4 rings (SSSR count). The fourth-order valence-electron chi connectivity index (χ4n) is 3.80. The average Bonchev–Trinajstić information content (AvgIpc) is 3.27. The lowest BCUT2D eigenvalue weighted by Crippen LogP contribution is -2.42. The maximum absolute atomic E-state index is 12.8. The van der Waals surface area contributed by atoms with Crippen molar-refractivity contribution in [1.29, 1.82) is 0 Å². The van der Waals surface area contributed by atoms with Crippen LogP contribution in [0.1, 0.15) is 54.2 Å². The van der Waals surface area contributed by atoms with E-state index in [0.29, 0.717) is 55.0 Å². The van der Waals surface area contributed by atoms with Gasteiger partial charge >= 0.3 is 0 Å². The Balaban J connectivity index is 1.36. The van der Waals surface area contributed by atoms with E-state index in [1.807, 2.05) is 17.0 Å². The number of likely N-dealkylation sites (tertiary alicyclic amines) is 1. The third-order valence-electron chi connectivity index (χ3n) is 5.60. The molecule has 1 aliphatic carbocycles. The van der Waals surface area contributed by atoms with E-state index in [2.05, 4.69) is 10.1 Å². The second-order valence-corrected chi connectivity index (χ2v) is 7.71. The molecule has 8 nitrogen and oxygen atoms in total. The number of hydrogen-bond acceptors (Lipinski definition) is 6. The Morgan fingerprint density at radius 3 is 2.86 bits per heavy atom. The minimum Gasteiger partial charge on any atom is -0.497 e. The third kappa shape index (κ3) is 4.41. The van der Waals surface area contributed by atoms with Crippen LogP contribution in [0.2, 0.25) is 0 Å². The fraction of sp³-hybridized carbons (Fsp3) is 0.524. The summed E-state index contributed by atoms with van der Waals surface area (Å²) in [5.74, 6) is 2.39. The number of benzene rings is 1. The summed E-state index contributed by atoms with van der Waals surface area (Å²) < 4.78 is 10.5. The van der Waals surface area contributed by atoms with Crippen LogP contribution >= 0.6 is 0 Å². The molecule has 1 aromatic carbocycles. The molecular formula is C21H26N4O4. The van der Waals surface area contributed by atoms with E-state index in [-0.39, 0.29) is 17.9 Å². The first-order chi connectivity index (χ1) is 14.0. The summed E-state index contributed by atoms with van der Waals surface area (Å²) >= 11 is 0. The largest absolute Gasteiger partial charge is 0.497 e. The van der Waals surface area contributed by atoms with Crippen LogP contribution in [0.4, 0.5) is 0 Å². The molecular weight excluding hydrogens is 372 g/mol. The number of aromatic nitrogens is 2. The number of nitrogens with zero attached hydrogens (tertiary/aromatic N) is 4. The van der Waals surface area contributed by atoms with E-state index in [1.165, 1.54) is 0 Å². The smallest absolute Gasteiger partial charge is 0.254 e. The van der Waals surface area contributed by atoms with Crippen molar-refractivity contribution in [1.82, 2.24) is 19.9 Å². The fourth-order valence-corrected chi connectivity index (χ4v) is 3.80. The lowest BCUT2D eigenvalue weighted by molar-refractivity contribution is -0.130. The first-order valence-corrected chi connectivity index (χ1v) is 10.1. The highest BCUT2D eigenvalue weighted by Crippen LogP contribution is 2.38. The third-order valence-corrected chi connectivity index (χ3v) is 5.60. The second kappa shape index (κ2) is 8.23. The monoisotopic (exact) mass is 398 g/mol. The van der Waals surface area contributed by atoms with Gasteiger partial charge in [-0.2, -0.15) is 4.98 Å². The van der Waals surface area contributed by atoms with Crippen LogP contribution in [0.15, 0.2) is 28.8 Å². The van der Waals surface area contributed by atoms with Crippen LogP contribution in [0.3, 0.4) is 0 Å². The van der Waals surface area contributed by atoms with Gasteiger partial charge in [0.15, 0.2) is 5.82 Å². The first-order valence-electron chi connectivity index (χ1n) is 10.1. The molecule has 2 fully saturated rings. The Hall–Kier alpha value is -2.90. The van der Waals surface area contributed by atoms with Crippen LogP contribution < -0.4 is 4.74 Å².